The second-order valence-electron chi connectivity index (χ2n) is 3.50. The van der Waals surface area contributed by atoms with E-state index in [1.54, 1.807) is 0 Å². The van der Waals surface area contributed by atoms with Gasteiger partial charge < -0.3 is 5.11 Å². The predicted octanol–water partition coefficient (Wildman–Crippen LogP) is 0.673. The molecule has 84 valence electrons. The number of hydrogen-bond acceptors (Lipinski definition) is 3. The number of carboxylic acid groups (broad SMARTS) is 1. The van der Waals surface area contributed by atoms with Crippen molar-refractivity contribution < 1.29 is 9.90 Å². The molecule has 0 bridgehead atoms. The van der Waals surface area contributed by atoms with E-state index in [0.29, 0.717) is 17.8 Å². The minimum Gasteiger partial charge on any atom is -0.477 e. The van der Waals surface area contributed by atoms with E-state index >= 15 is 0 Å². The first-order valence-corrected chi connectivity index (χ1v) is 4.97. The van der Waals surface area contributed by atoms with Crippen LogP contribution in [0.1, 0.15) is 29.5 Å². The molecule has 0 unspecified atom stereocenters. The van der Waals surface area contributed by atoms with Gasteiger partial charge in [0, 0.05) is 17.8 Å². The van der Waals surface area contributed by atoms with Crippen LogP contribution in [0.3, 0.4) is 0 Å². The maximum absolute atomic E-state index is 11.6. The van der Waals surface area contributed by atoms with Gasteiger partial charge in [0.1, 0.15) is 5.69 Å². The van der Waals surface area contributed by atoms with Crippen molar-refractivity contribution in [3.63, 3.8) is 0 Å². The first-order chi connectivity index (χ1) is 7.61. The fourth-order valence-corrected chi connectivity index (χ4v) is 1.53. The summed E-state index contributed by atoms with van der Waals surface area (Å²) in [6, 6.07) is 2.77. The third-order valence-corrected chi connectivity index (χ3v) is 2.24. The molecular formula is C10H11N3O3. The molecule has 16 heavy (non-hydrogen) atoms. The quantitative estimate of drug-likeness (QED) is 0.797. The Bertz CT molecular complexity index is 597. The van der Waals surface area contributed by atoms with Gasteiger partial charge in [0.25, 0.3) is 5.56 Å². The summed E-state index contributed by atoms with van der Waals surface area (Å²) >= 11 is 0. The third-order valence-electron chi connectivity index (χ3n) is 2.24. The van der Waals surface area contributed by atoms with E-state index in [1.807, 2.05) is 6.92 Å². The molecular weight excluding hydrogens is 210 g/mol. The molecule has 0 aromatic carbocycles. The second kappa shape index (κ2) is 3.80. The lowest BCUT2D eigenvalue weighted by atomic mass is 10.2. The summed E-state index contributed by atoms with van der Waals surface area (Å²) in [4.78, 5) is 26.5. The molecule has 0 spiro atoms. The second-order valence-corrected chi connectivity index (χ2v) is 3.50. The Labute approximate surface area is 90.5 Å². The van der Waals surface area contributed by atoms with Crippen LogP contribution in [-0.2, 0) is 6.42 Å². The smallest absolute Gasteiger partial charge is 0.353 e. The average molecular weight is 221 g/mol. The highest BCUT2D eigenvalue weighted by molar-refractivity contribution is 5.86. The monoisotopic (exact) mass is 221 g/mol. The average Bonchev–Trinajstić information content (AvgIpc) is 2.62. The van der Waals surface area contributed by atoms with Crippen LogP contribution in [0.25, 0.3) is 5.65 Å². The Morgan fingerprint density at radius 2 is 2.31 bits per heavy atom. The van der Waals surface area contributed by atoms with Crippen molar-refractivity contribution in [2.45, 2.75) is 19.8 Å². The molecule has 0 aliphatic carbocycles. The zero-order valence-electron chi connectivity index (χ0n) is 8.73. The van der Waals surface area contributed by atoms with E-state index in [2.05, 4.69) is 10.1 Å². The van der Waals surface area contributed by atoms with Crippen LogP contribution in [0.2, 0.25) is 0 Å². The number of aromatic carboxylic acids is 1. The van der Waals surface area contributed by atoms with Crippen molar-refractivity contribution in [3.05, 3.63) is 33.9 Å². The zero-order chi connectivity index (χ0) is 11.7. The van der Waals surface area contributed by atoms with E-state index in [-0.39, 0.29) is 11.3 Å². The number of nitrogens with one attached hydrogen (secondary N) is 1. The van der Waals surface area contributed by atoms with Gasteiger partial charge in [0.15, 0.2) is 5.65 Å². The van der Waals surface area contributed by atoms with Crippen LogP contribution >= 0.6 is 0 Å². The molecule has 2 N–H and O–H groups in total. The number of aromatic amines is 1. The number of aryl methyl sites for hydroxylation is 1. The van der Waals surface area contributed by atoms with E-state index in [4.69, 9.17) is 5.11 Å². The first-order valence-electron chi connectivity index (χ1n) is 4.97. The number of fused-ring (bicyclic) bond motifs is 1. The number of H-pyrrole nitrogens is 1. The van der Waals surface area contributed by atoms with Gasteiger partial charge in [-0.3, -0.25) is 9.89 Å². The van der Waals surface area contributed by atoms with Crippen LogP contribution in [-0.4, -0.2) is 25.7 Å². The summed E-state index contributed by atoms with van der Waals surface area (Å²) in [6.07, 6.45) is 1.60. The maximum atomic E-state index is 11.6. The van der Waals surface area contributed by atoms with Crippen molar-refractivity contribution in [1.82, 2.24) is 14.6 Å². The largest absolute Gasteiger partial charge is 0.477 e. The number of carbonyl (C=O) groups is 1. The van der Waals surface area contributed by atoms with Gasteiger partial charge >= 0.3 is 5.97 Å². The molecule has 0 fully saturated rings. The van der Waals surface area contributed by atoms with Gasteiger partial charge in [0.2, 0.25) is 0 Å². The highest BCUT2D eigenvalue weighted by Crippen LogP contribution is 2.04. The number of nitrogens with zero attached hydrogens (tertiary/aromatic N) is 2. The van der Waals surface area contributed by atoms with Gasteiger partial charge in [-0.15, -0.1) is 0 Å². The molecule has 2 rings (SSSR count). The Hall–Kier alpha value is -2.11. The van der Waals surface area contributed by atoms with Crippen LogP contribution < -0.4 is 5.56 Å². The molecule has 0 saturated carbocycles. The van der Waals surface area contributed by atoms with Crippen molar-refractivity contribution in [2.24, 2.45) is 0 Å². The highest BCUT2D eigenvalue weighted by Gasteiger charge is 2.10. The van der Waals surface area contributed by atoms with Crippen molar-refractivity contribution in [2.75, 3.05) is 0 Å². The lowest BCUT2D eigenvalue weighted by molar-refractivity contribution is 0.0690. The molecule has 0 aliphatic rings. The topological polar surface area (TPSA) is 87.5 Å². The third kappa shape index (κ3) is 1.69. The van der Waals surface area contributed by atoms with E-state index in [1.165, 1.54) is 12.1 Å². The molecule has 2 aromatic rings. The van der Waals surface area contributed by atoms with Crippen molar-refractivity contribution >= 4 is 11.6 Å². The summed E-state index contributed by atoms with van der Waals surface area (Å²) in [6.45, 7) is 1.99. The van der Waals surface area contributed by atoms with Crippen LogP contribution in [0.15, 0.2) is 16.9 Å². The molecule has 2 heterocycles. The molecule has 0 radical (unpaired) electrons. The zero-order valence-corrected chi connectivity index (χ0v) is 8.73. The van der Waals surface area contributed by atoms with E-state index in [9.17, 15) is 9.59 Å². The van der Waals surface area contributed by atoms with Crippen molar-refractivity contribution in [1.29, 1.82) is 0 Å². The Kier molecular flexibility index (Phi) is 2.47. The fourth-order valence-electron chi connectivity index (χ4n) is 1.53. The van der Waals surface area contributed by atoms with Crippen LogP contribution in [0.5, 0.6) is 0 Å². The standard InChI is InChI=1S/C10H11N3O3/c1-2-3-6-4-9(14)13-8(11-6)5-7(12-13)10(15)16/h4-5,12H,2-3H2,1H3,(H,15,16). The fraction of sp³-hybridized carbons (Fsp3) is 0.300. The highest BCUT2D eigenvalue weighted by atomic mass is 16.4. The van der Waals surface area contributed by atoms with Crippen LogP contribution in [0, 0.1) is 0 Å². The van der Waals surface area contributed by atoms with E-state index < -0.39 is 5.97 Å². The van der Waals surface area contributed by atoms with Gasteiger partial charge in [0.05, 0.1) is 0 Å². The van der Waals surface area contributed by atoms with Gasteiger partial charge in [-0.05, 0) is 6.42 Å². The Balaban J connectivity index is 2.63. The number of carboxylic acids is 1. The van der Waals surface area contributed by atoms with E-state index in [0.717, 1.165) is 10.9 Å². The van der Waals surface area contributed by atoms with Gasteiger partial charge in [-0.2, -0.15) is 0 Å². The summed E-state index contributed by atoms with van der Waals surface area (Å²) in [5.74, 6) is -1.11. The Morgan fingerprint density at radius 3 is 2.94 bits per heavy atom. The minimum atomic E-state index is -1.11. The maximum Gasteiger partial charge on any atom is 0.353 e. The van der Waals surface area contributed by atoms with Gasteiger partial charge in [-0.1, -0.05) is 13.3 Å². The lowest BCUT2D eigenvalue weighted by Crippen LogP contribution is -2.15. The van der Waals surface area contributed by atoms with Crippen molar-refractivity contribution in [3.8, 4) is 0 Å². The first kappa shape index (κ1) is 10.4. The lowest BCUT2D eigenvalue weighted by Gasteiger charge is -1.97. The summed E-state index contributed by atoms with van der Waals surface area (Å²) in [5, 5.41) is 11.2. The molecule has 6 heteroatoms. The molecule has 6 nitrogen and oxygen atoms in total. The summed E-state index contributed by atoms with van der Waals surface area (Å²) in [5.41, 5.74) is 0.691. The number of rotatable bonds is 3. The Morgan fingerprint density at radius 1 is 1.56 bits per heavy atom. The molecule has 0 amide bonds. The molecule has 0 saturated heterocycles. The normalized spacial score (nSPS) is 10.8. The predicted molar refractivity (Wildman–Crippen MR) is 56.8 cm³/mol. The molecule has 0 aliphatic heterocycles. The molecule has 0 atom stereocenters. The SMILES string of the molecule is CCCc1cc(=O)n2[nH]c(C(=O)O)cc2n1. The summed E-state index contributed by atoms with van der Waals surface area (Å²) < 4.78 is 1.13. The minimum absolute atomic E-state index is 0.0433. The number of aromatic nitrogens is 3. The molecule has 2 aromatic heterocycles. The van der Waals surface area contributed by atoms with Crippen LogP contribution in [0.4, 0.5) is 0 Å². The number of hydrogen-bond donors (Lipinski definition) is 2. The summed E-state index contributed by atoms with van der Waals surface area (Å²) in [7, 11) is 0. The van der Waals surface area contributed by atoms with Gasteiger partial charge in [-0.25, -0.2) is 14.3 Å².